The Hall–Kier alpha value is -2.83. The van der Waals surface area contributed by atoms with Gasteiger partial charge in [-0.25, -0.2) is 9.59 Å². The predicted molar refractivity (Wildman–Crippen MR) is 184 cm³/mol. The molecule has 2 aromatic rings. The lowest BCUT2D eigenvalue weighted by atomic mass is 10.0. The smallest absolute Gasteiger partial charge is 0.407 e. The lowest BCUT2D eigenvalue weighted by molar-refractivity contribution is 0.0715. The molecule has 2 N–H and O–H groups in total. The van der Waals surface area contributed by atoms with Crippen LogP contribution in [0, 0.1) is 6.92 Å². The Morgan fingerprint density at radius 1 is 0.894 bits per heavy atom. The zero-order valence-electron chi connectivity index (χ0n) is 29.1. The molecule has 1 aromatic carbocycles. The highest BCUT2D eigenvalue weighted by Gasteiger charge is 2.20. The second-order valence-electron chi connectivity index (χ2n) is 12.4. The fourth-order valence-corrected chi connectivity index (χ4v) is 6.72. The molecular formula is C35H59N3O8S. The van der Waals surface area contributed by atoms with Crippen LogP contribution < -0.4 is 11.0 Å². The second kappa shape index (κ2) is 22.7. The number of aryl methyl sites for hydroxylation is 2. The molecule has 0 spiro atoms. The Labute approximate surface area is 282 Å². The van der Waals surface area contributed by atoms with Crippen molar-refractivity contribution in [1.82, 2.24) is 14.5 Å². The van der Waals surface area contributed by atoms with Crippen LogP contribution in [0.3, 0.4) is 0 Å². The summed E-state index contributed by atoms with van der Waals surface area (Å²) in [7, 11) is -2.38. The number of amides is 1. The minimum atomic E-state index is -4.00. The first kappa shape index (κ1) is 40.3. The van der Waals surface area contributed by atoms with E-state index in [0.29, 0.717) is 12.0 Å². The topological polar surface area (TPSA) is 138 Å². The van der Waals surface area contributed by atoms with Gasteiger partial charge in [0.25, 0.3) is 10.1 Å². The zero-order chi connectivity index (χ0) is 34.5. The summed E-state index contributed by atoms with van der Waals surface area (Å²) >= 11 is 0. The Kier molecular flexibility index (Phi) is 19.5. The Morgan fingerprint density at radius 2 is 1.49 bits per heavy atom. The van der Waals surface area contributed by atoms with Crippen LogP contribution in [0.5, 0.6) is 5.88 Å². The number of imidazole rings is 1. The summed E-state index contributed by atoms with van der Waals surface area (Å²) in [5, 5.41) is 13.2. The molecule has 0 fully saturated rings. The van der Waals surface area contributed by atoms with Gasteiger partial charge in [-0.2, -0.15) is 8.42 Å². The lowest BCUT2D eigenvalue weighted by Crippen LogP contribution is -2.43. The van der Waals surface area contributed by atoms with Gasteiger partial charge in [-0.05, 0) is 38.3 Å². The number of nitrogens with one attached hydrogen (secondary N) is 1. The van der Waals surface area contributed by atoms with E-state index >= 15 is 0 Å². The van der Waals surface area contributed by atoms with E-state index in [2.05, 4.69) is 12.2 Å². The predicted octanol–water partition coefficient (Wildman–Crippen LogP) is 7.07. The van der Waals surface area contributed by atoms with E-state index < -0.39 is 21.9 Å². The van der Waals surface area contributed by atoms with Gasteiger partial charge in [0, 0.05) is 13.7 Å². The monoisotopic (exact) mass is 681 g/mol. The molecule has 1 aromatic heterocycles. The van der Waals surface area contributed by atoms with Gasteiger partial charge in [0.05, 0.1) is 43.0 Å². The van der Waals surface area contributed by atoms with Gasteiger partial charge in [0.15, 0.2) is 0 Å². The van der Waals surface area contributed by atoms with Crippen molar-refractivity contribution in [2.75, 3.05) is 20.3 Å². The van der Waals surface area contributed by atoms with Crippen molar-refractivity contribution in [2.45, 2.75) is 147 Å². The van der Waals surface area contributed by atoms with E-state index in [1.54, 1.807) is 32.2 Å². The summed E-state index contributed by atoms with van der Waals surface area (Å²) in [4.78, 5) is 25.3. The average Bonchev–Trinajstić information content (AvgIpc) is 3.31. The number of alkyl carbamates (subject to hydrolysis) is 1. The number of aromatic nitrogens is 2. The molecule has 11 nitrogen and oxygen atoms in total. The lowest BCUT2D eigenvalue weighted by Gasteiger charge is -2.24. The highest BCUT2D eigenvalue weighted by molar-refractivity contribution is 7.86. The van der Waals surface area contributed by atoms with Gasteiger partial charge in [-0.1, -0.05) is 109 Å². The first-order valence-electron chi connectivity index (χ1n) is 17.5. The Balaban J connectivity index is 1.65. The molecule has 1 amide bonds. The summed E-state index contributed by atoms with van der Waals surface area (Å²) in [6.07, 6.45) is 18.4. The van der Waals surface area contributed by atoms with Crippen LogP contribution in [0.15, 0.2) is 40.2 Å². The van der Waals surface area contributed by atoms with E-state index in [1.807, 2.05) is 6.92 Å². The number of unbranched alkanes of at least 4 members (excludes halogenated alkanes) is 12. The fraction of sp³-hybridized carbons (Fsp3) is 0.714. The van der Waals surface area contributed by atoms with Crippen LogP contribution in [0.2, 0.25) is 0 Å². The molecular weight excluding hydrogens is 622 g/mol. The number of carbonyl (C=O) groups is 1. The highest BCUT2D eigenvalue weighted by Crippen LogP contribution is 2.18. The first-order valence-corrected chi connectivity index (χ1v) is 18.9. The van der Waals surface area contributed by atoms with E-state index in [4.69, 9.17) is 13.7 Å². The van der Waals surface area contributed by atoms with Crippen molar-refractivity contribution in [3.63, 3.8) is 0 Å². The summed E-state index contributed by atoms with van der Waals surface area (Å²) in [5.41, 5.74) is 0.0312. The van der Waals surface area contributed by atoms with Crippen LogP contribution in [0.25, 0.3) is 0 Å². The number of hydrogen-bond acceptors (Lipinski definition) is 8. The molecule has 12 heteroatoms. The van der Waals surface area contributed by atoms with E-state index in [9.17, 15) is 23.1 Å². The molecule has 0 aliphatic rings. The van der Waals surface area contributed by atoms with Crippen molar-refractivity contribution in [3.05, 3.63) is 46.5 Å². The minimum absolute atomic E-state index is 0.0563. The third kappa shape index (κ3) is 15.3. The normalized spacial score (nSPS) is 13.0. The number of hydrogen-bond donors (Lipinski definition) is 2. The van der Waals surface area contributed by atoms with Crippen LogP contribution in [-0.2, 0) is 36.9 Å². The number of methoxy groups -OCH3 is 1. The summed E-state index contributed by atoms with van der Waals surface area (Å²) in [6, 6.07) is 6.29. The third-order valence-electron chi connectivity index (χ3n) is 8.58. The first-order chi connectivity index (χ1) is 22.6. The molecule has 2 rings (SSSR count). The number of benzene rings is 1. The van der Waals surface area contributed by atoms with Crippen LogP contribution in [0.4, 0.5) is 4.79 Å². The van der Waals surface area contributed by atoms with Gasteiger partial charge in [-0.3, -0.25) is 13.3 Å². The van der Waals surface area contributed by atoms with Crippen LogP contribution >= 0.6 is 0 Å². The number of nitrogens with zero attached hydrogens (tertiary/aromatic N) is 2. The van der Waals surface area contributed by atoms with Crippen LogP contribution in [-0.4, -0.2) is 61.2 Å². The van der Waals surface area contributed by atoms with Gasteiger partial charge in [0.2, 0.25) is 5.88 Å². The molecule has 0 saturated heterocycles. The highest BCUT2D eigenvalue weighted by atomic mass is 32.2. The van der Waals surface area contributed by atoms with Crippen molar-refractivity contribution >= 4 is 16.2 Å². The summed E-state index contributed by atoms with van der Waals surface area (Å²) in [5.74, 6) is -0.310. The van der Waals surface area contributed by atoms with E-state index in [0.717, 1.165) is 23.8 Å². The van der Waals surface area contributed by atoms with Gasteiger partial charge >= 0.3 is 11.8 Å². The molecule has 0 aliphatic heterocycles. The van der Waals surface area contributed by atoms with Gasteiger partial charge in [-0.15, -0.1) is 0 Å². The largest absolute Gasteiger partial charge is 0.493 e. The summed E-state index contributed by atoms with van der Waals surface area (Å²) < 4.78 is 43.2. The average molecular weight is 682 g/mol. The third-order valence-corrected chi connectivity index (χ3v) is 10.1. The molecule has 0 bridgehead atoms. The van der Waals surface area contributed by atoms with Gasteiger partial charge < -0.3 is 19.9 Å². The maximum Gasteiger partial charge on any atom is 0.407 e. The Bertz CT molecular complexity index is 1320. The Morgan fingerprint density at radius 3 is 2.09 bits per heavy atom. The molecule has 2 unspecified atom stereocenters. The van der Waals surface area contributed by atoms with Crippen molar-refractivity contribution < 1.29 is 32.0 Å². The quantitative estimate of drug-likeness (QED) is 0.0795. The molecule has 0 aliphatic carbocycles. The zero-order valence-corrected chi connectivity index (χ0v) is 29.9. The number of rotatable bonds is 26. The summed E-state index contributed by atoms with van der Waals surface area (Å²) in [6.45, 7) is 5.65. The van der Waals surface area contributed by atoms with Crippen molar-refractivity contribution in [3.8, 4) is 5.88 Å². The van der Waals surface area contributed by atoms with E-state index in [1.165, 1.54) is 87.5 Å². The number of ether oxygens (including phenoxy) is 2. The molecule has 2 atom stereocenters. The number of carbonyl (C=O) groups excluding carboxylic acids is 1. The van der Waals surface area contributed by atoms with Crippen molar-refractivity contribution in [2.24, 2.45) is 0 Å². The molecule has 47 heavy (non-hydrogen) atoms. The van der Waals surface area contributed by atoms with Gasteiger partial charge in [0.1, 0.15) is 0 Å². The van der Waals surface area contributed by atoms with Crippen LogP contribution in [0.1, 0.15) is 116 Å². The minimum Gasteiger partial charge on any atom is -0.493 e. The second-order valence-corrected chi connectivity index (χ2v) is 14.0. The van der Waals surface area contributed by atoms with E-state index in [-0.39, 0.29) is 49.2 Å². The molecule has 1 heterocycles. The SMILES string of the molecule is CCCCCCCCCCCCCCCC(NC(=O)OCCCn1cc(O)n(CCOS(=O)(=O)c2ccccc2C)c1=O)C(C)OC. The molecule has 268 valence electrons. The fourth-order valence-electron chi connectivity index (χ4n) is 5.59. The number of aromatic hydroxyl groups is 1. The maximum absolute atomic E-state index is 12.7. The molecule has 0 saturated carbocycles. The standard InChI is InChI=1S/C35H59N3O8S/c1-5-6-7-8-9-10-11-12-13-14-15-16-17-22-31(30(3)44-4)36-34(40)45-26-20-24-37-28-33(39)38(35(37)41)25-27-46-47(42,43)32-23-19-18-21-29(32)2/h18-19,21,23,28,30-31,39H,5-17,20,22,24-27H2,1-4H3,(H,36,40). The van der Waals surface area contributed by atoms with Crippen molar-refractivity contribution in [1.29, 1.82) is 0 Å². The molecule has 0 radical (unpaired) electrons. The maximum atomic E-state index is 12.7.